The molecule has 2 unspecified atom stereocenters. The fraction of sp³-hybridized carbons (Fsp3) is 0.700. The normalized spacial score (nSPS) is 24.5. The number of aliphatic hydroxyl groups is 1. The van der Waals surface area contributed by atoms with Crippen LogP contribution in [0.4, 0.5) is 10.1 Å². The molecule has 0 saturated heterocycles. The van der Waals surface area contributed by atoms with Gasteiger partial charge in [-0.2, -0.15) is 0 Å². The summed E-state index contributed by atoms with van der Waals surface area (Å²) in [5, 5.41) is 23.6. The highest BCUT2D eigenvalue weighted by atomic mass is 32.1. The van der Waals surface area contributed by atoms with Crippen molar-refractivity contribution in [1.29, 1.82) is 0 Å². The molecule has 1 aromatic heterocycles. The second kappa shape index (κ2) is 5.42. The first-order chi connectivity index (χ1) is 8.20. The summed E-state index contributed by atoms with van der Waals surface area (Å²) in [4.78, 5) is 14.1. The molecule has 1 aliphatic rings. The van der Waals surface area contributed by atoms with Crippen molar-refractivity contribution in [2.24, 2.45) is 5.92 Å². The Labute approximate surface area is 103 Å². The number of hydrogen-bond donors (Lipinski definition) is 2. The van der Waals surface area contributed by atoms with Gasteiger partial charge in [-0.15, -0.1) is 0 Å². The Morgan fingerprint density at radius 2 is 2.35 bits per heavy atom. The van der Waals surface area contributed by atoms with Crippen LogP contribution < -0.4 is 5.32 Å². The maximum absolute atomic E-state index is 10.5. The lowest BCUT2D eigenvalue weighted by atomic mass is 9.85. The molecule has 0 bridgehead atoms. The minimum absolute atomic E-state index is 0.0452. The second-order valence-corrected chi connectivity index (χ2v) is 5.25. The summed E-state index contributed by atoms with van der Waals surface area (Å²) in [6.07, 6.45) is 5.52. The van der Waals surface area contributed by atoms with Crippen LogP contribution in [0.3, 0.4) is 0 Å². The zero-order chi connectivity index (χ0) is 12.3. The molecule has 0 radical (unpaired) electrons. The standard InChI is InChI=1S/C10H15N3O3S/c14-6-7-3-1-2-4-8(7)12-10-11-5-9(17-10)13(15)16/h5,7-8,14H,1-4,6H2,(H,11,12). The number of rotatable bonds is 4. The van der Waals surface area contributed by atoms with Crippen LogP contribution in [0.2, 0.25) is 0 Å². The van der Waals surface area contributed by atoms with Crippen molar-refractivity contribution in [1.82, 2.24) is 4.98 Å². The molecule has 1 saturated carbocycles. The lowest BCUT2D eigenvalue weighted by molar-refractivity contribution is -0.380. The van der Waals surface area contributed by atoms with Gasteiger partial charge in [-0.05, 0) is 24.2 Å². The SMILES string of the molecule is O=[N+]([O-])c1cnc(NC2CCCCC2CO)s1. The number of thiazole rings is 1. The van der Waals surface area contributed by atoms with Gasteiger partial charge < -0.3 is 10.4 Å². The minimum atomic E-state index is -0.437. The number of nitrogens with one attached hydrogen (secondary N) is 1. The van der Waals surface area contributed by atoms with Crippen LogP contribution >= 0.6 is 11.3 Å². The number of aromatic nitrogens is 1. The van der Waals surface area contributed by atoms with Gasteiger partial charge in [-0.25, -0.2) is 4.98 Å². The highest BCUT2D eigenvalue weighted by Gasteiger charge is 2.25. The number of nitro groups is 1. The van der Waals surface area contributed by atoms with Crippen molar-refractivity contribution in [3.8, 4) is 0 Å². The van der Waals surface area contributed by atoms with E-state index < -0.39 is 4.92 Å². The van der Waals surface area contributed by atoms with Gasteiger partial charge in [-0.3, -0.25) is 10.1 Å². The smallest absolute Gasteiger partial charge is 0.345 e. The van der Waals surface area contributed by atoms with Crippen LogP contribution in [0.25, 0.3) is 0 Å². The zero-order valence-corrected chi connectivity index (χ0v) is 10.2. The fourth-order valence-electron chi connectivity index (χ4n) is 2.19. The first kappa shape index (κ1) is 12.3. The largest absolute Gasteiger partial charge is 0.396 e. The molecule has 1 aliphatic carbocycles. The molecule has 2 atom stereocenters. The minimum Gasteiger partial charge on any atom is -0.396 e. The summed E-state index contributed by atoms with van der Waals surface area (Å²) >= 11 is 1.04. The molecule has 0 aliphatic heterocycles. The highest BCUT2D eigenvalue weighted by molar-refractivity contribution is 7.18. The number of nitrogens with zero attached hydrogens (tertiary/aromatic N) is 2. The van der Waals surface area contributed by atoms with Gasteiger partial charge in [0.2, 0.25) is 0 Å². The number of hydrogen-bond acceptors (Lipinski definition) is 6. The molecule has 0 amide bonds. The van der Waals surface area contributed by atoms with E-state index in [4.69, 9.17) is 0 Å². The van der Waals surface area contributed by atoms with Gasteiger partial charge in [0, 0.05) is 18.6 Å². The summed E-state index contributed by atoms with van der Waals surface area (Å²) < 4.78 is 0. The Kier molecular flexibility index (Phi) is 3.90. The molecule has 1 heterocycles. The molecule has 0 spiro atoms. The molecule has 6 nitrogen and oxygen atoms in total. The van der Waals surface area contributed by atoms with Crippen LogP contribution in [-0.2, 0) is 0 Å². The van der Waals surface area contributed by atoms with E-state index in [1.54, 1.807) is 0 Å². The summed E-state index contributed by atoms with van der Waals surface area (Å²) in [5.74, 6) is 0.228. The third kappa shape index (κ3) is 2.92. The average Bonchev–Trinajstić information content (AvgIpc) is 2.78. The maximum Gasteiger partial charge on any atom is 0.345 e. The van der Waals surface area contributed by atoms with E-state index >= 15 is 0 Å². The Morgan fingerprint density at radius 3 is 3.00 bits per heavy atom. The Balaban J connectivity index is 2.00. The monoisotopic (exact) mass is 257 g/mol. The van der Waals surface area contributed by atoms with Gasteiger partial charge >= 0.3 is 5.00 Å². The topological polar surface area (TPSA) is 88.3 Å². The van der Waals surface area contributed by atoms with Crippen LogP contribution in [0.5, 0.6) is 0 Å². The zero-order valence-electron chi connectivity index (χ0n) is 9.33. The van der Waals surface area contributed by atoms with E-state index in [2.05, 4.69) is 10.3 Å². The molecule has 17 heavy (non-hydrogen) atoms. The maximum atomic E-state index is 10.5. The van der Waals surface area contributed by atoms with Crippen molar-refractivity contribution in [3.05, 3.63) is 16.3 Å². The lowest BCUT2D eigenvalue weighted by Gasteiger charge is -2.30. The van der Waals surface area contributed by atoms with Crippen molar-refractivity contribution >= 4 is 21.5 Å². The van der Waals surface area contributed by atoms with E-state index in [0.29, 0.717) is 5.13 Å². The van der Waals surface area contributed by atoms with Gasteiger partial charge in [0.25, 0.3) is 0 Å². The van der Waals surface area contributed by atoms with Crippen LogP contribution in [-0.4, -0.2) is 27.7 Å². The highest BCUT2D eigenvalue weighted by Crippen LogP contribution is 2.30. The van der Waals surface area contributed by atoms with E-state index in [1.165, 1.54) is 6.20 Å². The van der Waals surface area contributed by atoms with Gasteiger partial charge in [0.05, 0.1) is 4.92 Å². The summed E-state index contributed by atoms with van der Waals surface area (Å²) in [5.41, 5.74) is 0. The van der Waals surface area contributed by atoms with Gasteiger partial charge in [0.15, 0.2) is 5.13 Å². The molecule has 0 aromatic carbocycles. The van der Waals surface area contributed by atoms with E-state index in [1.807, 2.05) is 0 Å². The molecule has 1 fully saturated rings. The van der Waals surface area contributed by atoms with Crippen molar-refractivity contribution in [3.63, 3.8) is 0 Å². The molecular weight excluding hydrogens is 242 g/mol. The molecule has 94 valence electrons. The lowest BCUT2D eigenvalue weighted by Crippen LogP contribution is -2.34. The predicted molar refractivity (Wildman–Crippen MR) is 65.2 cm³/mol. The Bertz CT molecular complexity index is 396. The predicted octanol–water partition coefficient (Wildman–Crippen LogP) is 2.01. The van der Waals surface area contributed by atoms with Crippen LogP contribution in [0.1, 0.15) is 25.7 Å². The fourth-order valence-corrected chi connectivity index (χ4v) is 2.89. The van der Waals surface area contributed by atoms with Crippen molar-refractivity contribution in [2.45, 2.75) is 31.7 Å². The van der Waals surface area contributed by atoms with E-state index in [9.17, 15) is 15.2 Å². The average molecular weight is 257 g/mol. The Morgan fingerprint density at radius 1 is 1.59 bits per heavy atom. The van der Waals surface area contributed by atoms with Crippen LogP contribution in [0, 0.1) is 16.0 Å². The van der Waals surface area contributed by atoms with Crippen molar-refractivity contribution < 1.29 is 10.0 Å². The summed E-state index contributed by atoms with van der Waals surface area (Å²) in [6.45, 7) is 0.158. The third-order valence-corrected chi connectivity index (χ3v) is 4.01. The second-order valence-electron chi connectivity index (χ2n) is 4.24. The number of anilines is 1. The molecule has 7 heteroatoms. The van der Waals surface area contributed by atoms with Gasteiger partial charge in [-0.1, -0.05) is 12.8 Å². The summed E-state index contributed by atoms with van der Waals surface area (Å²) in [6, 6.07) is 0.180. The first-order valence-corrected chi connectivity index (χ1v) is 6.50. The number of aliphatic hydroxyl groups excluding tert-OH is 1. The first-order valence-electron chi connectivity index (χ1n) is 5.68. The Hall–Kier alpha value is -1.21. The molecule has 2 N–H and O–H groups in total. The van der Waals surface area contributed by atoms with Crippen molar-refractivity contribution in [2.75, 3.05) is 11.9 Å². The van der Waals surface area contributed by atoms with E-state index in [-0.39, 0.29) is 23.6 Å². The quantitative estimate of drug-likeness (QED) is 0.636. The summed E-state index contributed by atoms with van der Waals surface area (Å²) in [7, 11) is 0. The van der Waals surface area contributed by atoms with Crippen LogP contribution in [0.15, 0.2) is 6.20 Å². The van der Waals surface area contributed by atoms with Gasteiger partial charge in [0.1, 0.15) is 6.20 Å². The molecular formula is C10H15N3O3S. The third-order valence-electron chi connectivity index (χ3n) is 3.13. The molecule has 1 aromatic rings. The molecule has 2 rings (SSSR count). The van der Waals surface area contributed by atoms with E-state index in [0.717, 1.165) is 37.0 Å².